The lowest BCUT2D eigenvalue weighted by Gasteiger charge is -2.23. The number of nitrogens with one attached hydrogen (secondary N) is 2. The van der Waals surface area contributed by atoms with Crippen LogP contribution in [0.15, 0.2) is 42.5 Å². The predicted octanol–water partition coefficient (Wildman–Crippen LogP) is 4.87. The van der Waals surface area contributed by atoms with Gasteiger partial charge in [0.1, 0.15) is 22.7 Å². The van der Waals surface area contributed by atoms with Crippen LogP contribution in [0.4, 0.5) is 33.6 Å². The number of aromatic amines is 1. The number of aryl methyl sites for hydroxylation is 3. The molecule has 0 fully saturated rings. The van der Waals surface area contributed by atoms with Crippen molar-refractivity contribution in [1.29, 1.82) is 0 Å². The van der Waals surface area contributed by atoms with Crippen LogP contribution in [0.5, 0.6) is 0 Å². The van der Waals surface area contributed by atoms with Crippen molar-refractivity contribution in [2.75, 3.05) is 11.1 Å². The van der Waals surface area contributed by atoms with Crippen molar-refractivity contribution in [3.8, 4) is 11.5 Å². The zero-order valence-corrected chi connectivity index (χ0v) is 23.5. The predicted molar refractivity (Wildman–Crippen MR) is 149 cm³/mol. The average molecular weight is 633 g/mol. The Bertz CT molecular complexity index is 1880. The van der Waals surface area contributed by atoms with E-state index in [0.717, 1.165) is 10.2 Å². The summed E-state index contributed by atoms with van der Waals surface area (Å²) in [6, 6.07) is 11.8. The van der Waals surface area contributed by atoms with Crippen molar-refractivity contribution in [2.24, 2.45) is 0 Å². The Kier molecular flexibility index (Phi) is 6.98. The van der Waals surface area contributed by atoms with Crippen LogP contribution < -0.4 is 11.1 Å². The van der Waals surface area contributed by atoms with E-state index in [1.165, 1.54) is 18.2 Å². The zero-order chi connectivity index (χ0) is 31.4. The quantitative estimate of drug-likeness (QED) is 0.205. The molecule has 0 spiro atoms. The number of halogens is 6. The van der Waals surface area contributed by atoms with Crippen molar-refractivity contribution in [3.63, 3.8) is 0 Å². The maximum absolute atomic E-state index is 13.7. The number of amides is 1. The molecule has 5 aromatic rings. The summed E-state index contributed by atoms with van der Waals surface area (Å²) in [5.41, 5.74) is 7.38. The van der Waals surface area contributed by atoms with Crippen molar-refractivity contribution in [2.45, 2.75) is 50.2 Å². The first-order valence-electron chi connectivity index (χ1n) is 13.2. The highest BCUT2D eigenvalue weighted by Gasteiger charge is 2.56. The third-order valence-electron chi connectivity index (χ3n) is 7.66. The van der Waals surface area contributed by atoms with Gasteiger partial charge in [-0.2, -0.15) is 32.3 Å². The van der Waals surface area contributed by atoms with Crippen LogP contribution in [-0.4, -0.2) is 58.4 Å². The summed E-state index contributed by atoms with van der Waals surface area (Å²) >= 11 is 6.09. The van der Waals surface area contributed by atoms with Crippen LogP contribution >= 0.6 is 11.6 Å². The van der Waals surface area contributed by atoms with Gasteiger partial charge in [-0.25, -0.2) is 9.97 Å². The van der Waals surface area contributed by atoms with Gasteiger partial charge in [0.2, 0.25) is 5.91 Å². The average Bonchev–Trinajstić information content (AvgIpc) is 3.68. The minimum Gasteiger partial charge on any atom is -0.383 e. The summed E-state index contributed by atoms with van der Waals surface area (Å²) in [5.74, 6) is -4.72. The number of fused-ring (bicyclic) bond motifs is 2. The van der Waals surface area contributed by atoms with Gasteiger partial charge >= 0.3 is 12.1 Å². The Morgan fingerprint density at radius 3 is 2.48 bits per heavy atom. The first kappa shape index (κ1) is 29.3. The minimum absolute atomic E-state index is 0.0349. The normalized spacial score (nSPS) is 16.8. The summed E-state index contributed by atoms with van der Waals surface area (Å²) in [6.45, 7) is 0.915. The maximum Gasteiger partial charge on any atom is 0.453 e. The van der Waals surface area contributed by atoms with E-state index in [4.69, 9.17) is 17.3 Å². The third-order valence-corrected chi connectivity index (χ3v) is 7.89. The van der Waals surface area contributed by atoms with E-state index in [1.54, 1.807) is 6.92 Å². The van der Waals surface area contributed by atoms with Crippen molar-refractivity contribution in [3.05, 3.63) is 70.0 Å². The molecule has 2 aromatic carbocycles. The summed E-state index contributed by atoms with van der Waals surface area (Å²) in [7, 11) is 0. The Morgan fingerprint density at radius 1 is 1.05 bits per heavy atom. The van der Waals surface area contributed by atoms with Gasteiger partial charge in [0, 0.05) is 29.8 Å². The maximum atomic E-state index is 13.7. The topological polar surface area (TPSA) is 153 Å². The van der Waals surface area contributed by atoms with Gasteiger partial charge in [-0.3, -0.25) is 9.48 Å². The lowest BCUT2D eigenvalue weighted by Crippen LogP contribution is -2.37. The van der Waals surface area contributed by atoms with E-state index in [1.807, 2.05) is 24.3 Å². The molecule has 0 saturated heterocycles. The third kappa shape index (κ3) is 4.98. The van der Waals surface area contributed by atoms with Gasteiger partial charge < -0.3 is 11.1 Å². The second kappa shape index (κ2) is 10.5. The van der Waals surface area contributed by atoms with E-state index in [2.05, 4.69) is 41.0 Å². The number of tetrazole rings is 1. The van der Waals surface area contributed by atoms with Crippen LogP contribution in [0, 0.1) is 0 Å². The van der Waals surface area contributed by atoms with Crippen molar-refractivity contribution < 1.29 is 26.7 Å². The smallest absolute Gasteiger partial charge is 0.383 e. The van der Waals surface area contributed by atoms with Gasteiger partial charge in [-0.1, -0.05) is 41.1 Å². The lowest BCUT2D eigenvalue weighted by atomic mass is 9.77. The summed E-state index contributed by atoms with van der Waals surface area (Å²) in [6.07, 6.45) is -6.04. The highest BCUT2D eigenvalue weighted by Crippen LogP contribution is 2.45. The molecule has 3 aromatic heterocycles. The molecular formula is C27H22ClF5N10O. The van der Waals surface area contributed by atoms with Gasteiger partial charge in [-0.05, 0) is 42.7 Å². The molecule has 44 heavy (non-hydrogen) atoms. The fourth-order valence-electron chi connectivity index (χ4n) is 5.21. The van der Waals surface area contributed by atoms with Crippen LogP contribution in [0.25, 0.3) is 22.4 Å². The molecule has 11 nitrogen and oxygen atoms in total. The number of nitrogens with zero attached hydrogens (tertiary/aromatic N) is 7. The zero-order valence-electron chi connectivity index (χ0n) is 22.8. The van der Waals surface area contributed by atoms with E-state index >= 15 is 0 Å². The number of H-pyrrole nitrogens is 1. The molecule has 228 valence electrons. The molecule has 4 N–H and O–H groups in total. The summed E-state index contributed by atoms with van der Waals surface area (Å²) < 4.78 is 66.8. The highest BCUT2D eigenvalue weighted by atomic mass is 35.5. The van der Waals surface area contributed by atoms with Crippen LogP contribution in [0.3, 0.4) is 0 Å². The van der Waals surface area contributed by atoms with Gasteiger partial charge in [-0.15, -0.1) is 10.2 Å². The first-order chi connectivity index (χ1) is 20.8. The van der Waals surface area contributed by atoms with Gasteiger partial charge in [0.15, 0.2) is 11.6 Å². The van der Waals surface area contributed by atoms with Crippen molar-refractivity contribution >= 4 is 40.0 Å². The SMILES string of the molecule is CC1(c2ccc(CCc3nn[nH]n3)cc2)C(=O)Nc2nc(-c3nn(CCC(F)(F)C(F)(F)F)c4cc(Cl)ccc34)nc(N)c21. The fourth-order valence-corrected chi connectivity index (χ4v) is 5.38. The molecule has 0 radical (unpaired) electrons. The number of benzene rings is 2. The number of hydrogen-bond acceptors (Lipinski definition) is 8. The standard InChI is InChI=1S/C27H22ClF5N10O/c1-25(14-5-2-13(3-6-14)4-9-18-38-41-42-39-18)19-21(34)35-23(36-22(19)37-24(25)44)20-16-8-7-15(28)12-17(16)43(40-20)11-10-26(29,30)27(31,32)33/h2-3,5-8,12H,4,9-11H2,1H3,(H,38,39,41,42)(H3,34,35,36,37,44). The summed E-state index contributed by atoms with van der Waals surface area (Å²) in [4.78, 5) is 22.3. The molecule has 6 rings (SSSR count). The number of carbonyl (C=O) groups excluding carboxylic acids is 1. The molecule has 1 amide bonds. The minimum atomic E-state index is -5.71. The second-order valence-electron chi connectivity index (χ2n) is 10.4. The molecule has 4 heterocycles. The molecule has 17 heteroatoms. The number of anilines is 2. The molecule has 1 atom stereocenters. The Balaban J connectivity index is 1.34. The summed E-state index contributed by atoms with van der Waals surface area (Å²) in [5, 5.41) is 21.4. The molecule has 0 aliphatic carbocycles. The fraction of sp³-hybridized carbons (Fsp3) is 0.296. The number of alkyl halides is 5. The number of aromatic nitrogens is 8. The molecule has 1 unspecified atom stereocenters. The second-order valence-corrected chi connectivity index (χ2v) is 10.9. The molecule has 1 aliphatic rings. The number of carbonyl (C=O) groups is 1. The first-order valence-corrected chi connectivity index (χ1v) is 13.6. The molecule has 1 aliphatic heterocycles. The molecule has 0 saturated carbocycles. The Morgan fingerprint density at radius 2 is 1.80 bits per heavy atom. The number of rotatable bonds is 8. The lowest BCUT2D eigenvalue weighted by molar-refractivity contribution is -0.285. The number of hydrogen-bond donors (Lipinski definition) is 3. The highest BCUT2D eigenvalue weighted by molar-refractivity contribution is 6.31. The van der Waals surface area contributed by atoms with E-state index < -0.39 is 36.4 Å². The van der Waals surface area contributed by atoms with Gasteiger partial charge in [0.25, 0.3) is 0 Å². The van der Waals surface area contributed by atoms with Crippen LogP contribution in [0.2, 0.25) is 5.02 Å². The van der Waals surface area contributed by atoms with E-state index in [-0.39, 0.29) is 33.7 Å². The van der Waals surface area contributed by atoms with E-state index in [9.17, 15) is 26.7 Å². The van der Waals surface area contributed by atoms with Crippen LogP contribution in [0.1, 0.15) is 35.9 Å². The van der Waals surface area contributed by atoms with Crippen LogP contribution in [-0.2, 0) is 29.6 Å². The molecule has 0 bridgehead atoms. The Hall–Kier alpha value is -4.73. The number of nitrogens with two attached hydrogens (primary N) is 1. The monoisotopic (exact) mass is 632 g/mol. The van der Waals surface area contributed by atoms with Gasteiger partial charge in [0.05, 0.1) is 11.1 Å². The van der Waals surface area contributed by atoms with Crippen molar-refractivity contribution in [1.82, 2.24) is 40.4 Å². The largest absolute Gasteiger partial charge is 0.453 e. The Labute approximate surface area is 250 Å². The molecular weight excluding hydrogens is 611 g/mol. The van der Waals surface area contributed by atoms with E-state index in [0.29, 0.717) is 35.2 Å². The number of nitrogen functional groups attached to an aromatic ring is 1.